The molecule has 2 N–H and O–H groups in total. The van der Waals surface area contributed by atoms with Gasteiger partial charge in [0.2, 0.25) is 0 Å². The predicted octanol–water partition coefficient (Wildman–Crippen LogP) is 7.20. The Morgan fingerprint density at radius 3 is 2.08 bits per heavy atom. The molecule has 203 valence electrons. The zero-order chi connectivity index (χ0) is 27.2. The minimum absolute atomic E-state index is 0. The summed E-state index contributed by atoms with van der Waals surface area (Å²) in [6.45, 7) is 11.6. The molecular formula is C32H36FIrN2O2-. The summed E-state index contributed by atoms with van der Waals surface area (Å²) in [6, 6.07) is 23.8. The SMILES string of the molecule is CC(O)CC(O)C(C)(C)C.Cc1c[c-]c(-c2ncc(-c3cccc(F)c3)nc2-c2ccc(C)cc2)cc1.[Ir]. The van der Waals surface area contributed by atoms with Gasteiger partial charge in [-0.2, -0.15) is 0 Å². The molecule has 0 fully saturated rings. The van der Waals surface area contributed by atoms with Gasteiger partial charge in [0.15, 0.2) is 0 Å². The molecule has 2 atom stereocenters. The van der Waals surface area contributed by atoms with Crippen LogP contribution in [0.15, 0.2) is 72.9 Å². The fraction of sp³-hybridized carbons (Fsp3) is 0.312. The molecule has 0 spiro atoms. The smallest absolute Gasteiger partial charge is 0.123 e. The molecule has 6 heteroatoms. The summed E-state index contributed by atoms with van der Waals surface area (Å²) in [5.74, 6) is -0.290. The molecule has 4 nitrogen and oxygen atoms in total. The van der Waals surface area contributed by atoms with E-state index in [1.807, 2.05) is 71.0 Å². The maximum Gasteiger partial charge on any atom is 0.123 e. The molecule has 3 aromatic carbocycles. The number of benzene rings is 3. The average Bonchev–Trinajstić information content (AvgIpc) is 2.84. The molecular weight excluding hydrogens is 656 g/mol. The number of hydrogen-bond donors (Lipinski definition) is 2. The van der Waals surface area contributed by atoms with Crippen LogP contribution in [0.5, 0.6) is 0 Å². The zero-order valence-electron chi connectivity index (χ0n) is 22.8. The molecule has 0 saturated heterocycles. The van der Waals surface area contributed by atoms with Crippen LogP contribution >= 0.6 is 0 Å². The first-order chi connectivity index (χ1) is 17.4. The molecule has 1 radical (unpaired) electrons. The van der Waals surface area contributed by atoms with Crippen LogP contribution in [0.1, 0.15) is 45.2 Å². The Hall–Kier alpha value is -2.76. The van der Waals surface area contributed by atoms with Crippen molar-refractivity contribution in [3.8, 4) is 33.8 Å². The largest absolute Gasteiger partial charge is 0.393 e. The Labute approximate surface area is 239 Å². The summed E-state index contributed by atoms with van der Waals surface area (Å²) in [5, 5.41) is 18.3. The van der Waals surface area contributed by atoms with E-state index in [-0.39, 0.29) is 31.3 Å². The van der Waals surface area contributed by atoms with Crippen molar-refractivity contribution < 1.29 is 34.7 Å². The maximum absolute atomic E-state index is 13.6. The first-order valence-corrected chi connectivity index (χ1v) is 12.5. The topological polar surface area (TPSA) is 66.2 Å². The van der Waals surface area contributed by atoms with Crippen LogP contribution in [0, 0.1) is 31.1 Å². The summed E-state index contributed by atoms with van der Waals surface area (Å²) in [6.07, 6.45) is 1.33. The van der Waals surface area contributed by atoms with Gasteiger partial charge in [0.05, 0.1) is 23.6 Å². The average molecular weight is 692 g/mol. The molecule has 4 aromatic rings. The van der Waals surface area contributed by atoms with E-state index >= 15 is 0 Å². The van der Waals surface area contributed by atoms with Crippen LogP contribution in [0.25, 0.3) is 33.8 Å². The maximum atomic E-state index is 13.6. The summed E-state index contributed by atoms with van der Waals surface area (Å²) < 4.78 is 13.6. The van der Waals surface area contributed by atoms with Crippen molar-refractivity contribution >= 4 is 0 Å². The second-order valence-electron chi connectivity index (χ2n) is 10.6. The van der Waals surface area contributed by atoms with Crippen molar-refractivity contribution in [1.82, 2.24) is 9.97 Å². The van der Waals surface area contributed by atoms with Crippen LogP contribution in [0.2, 0.25) is 0 Å². The number of halogens is 1. The van der Waals surface area contributed by atoms with Gasteiger partial charge in [0, 0.05) is 37.6 Å². The number of aliphatic hydroxyl groups is 2. The Balaban J connectivity index is 0.000000396. The number of aryl methyl sites for hydroxylation is 2. The van der Waals surface area contributed by atoms with Crippen molar-refractivity contribution in [2.24, 2.45) is 5.41 Å². The third-order valence-corrected chi connectivity index (χ3v) is 6.01. The van der Waals surface area contributed by atoms with Crippen LogP contribution in [-0.2, 0) is 20.1 Å². The van der Waals surface area contributed by atoms with E-state index in [9.17, 15) is 9.50 Å². The van der Waals surface area contributed by atoms with E-state index in [0.29, 0.717) is 17.7 Å². The fourth-order valence-electron chi connectivity index (χ4n) is 3.61. The van der Waals surface area contributed by atoms with Gasteiger partial charge in [0.1, 0.15) is 5.82 Å². The van der Waals surface area contributed by atoms with Gasteiger partial charge in [-0.15, -0.1) is 35.4 Å². The summed E-state index contributed by atoms with van der Waals surface area (Å²) in [4.78, 5) is 9.50. The summed E-state index contributed by atoms with van der Waals surface area (Å²) >= 11 is 0. The molecule has 0 aliphatic carbocycles. The van der Waals surface area contributed by atoms with E-state index in [0.717, 1.165) is 28.1 Å². The Bertz CT molecular complexity index is 1300. The van der Waals surface area contributed by atoms with Gasteiger partial charge in [-0.1, -0.05) is 69.7 Å². The first kappa shape index (κ1) is 31.5. The summed E-state index contributed by atoms with van der Waals surface area (Å²) in [5.41, 5.74) is 6.92. The standard InChI is InChI=1S/C24H18FN2.C8H18O2.Ir/c1-16-6-10-18(11-7-16)23-24(19-12-8-17(2)9-13-19)27-22(15-26-23)20-4-3-5-21(25)14-20;1-6(9)5-7(10)8(2,3)4;/h3-10,12-15H,1-2H3;6-7,9-10H,5H2,1-4H3;/q-1;;. The molecule has 0 saturated carbocycles. The van der Waals surface area contributed by atoms with Crippen LogP contribution in [0.4, 0.5) is 4.39 Å². The van der Waals surface area contributed by atoms with Crippen molar-refractivity contribution in [2.45, 2.75) is 60.2 Å². The van der Waals surface area contributed by atoms with Gasteiger partial charge in [-0.05, 0) is 43.4 Å². The Morgan fingerprint density at radius 1 is 0.895 bits per heavy atom. The van der Waals surface area contributed by atoms with E-state index in [4.69, 9.17) is 10.1 Å². The van der Waals surface area contributed by atoms with Crippen LogP contribution < -0.4 is 0 Å². The number of aliphatic hydroxyl groups excluding tert-OH is 2. The number of hydrogen-bond acceptors (Lipinski definition) is 4. The fourth-order valence-corrected chi connectivity index (χ4v) is 3.61. The van der Waals surface area contributed by atoms with Crippen molar-refractivity contribution in [3.63, 3.8) is 0 Å². The molecule has 0 aliphatic heterocycles. The monoisotopic (exact) mass is 692 g/mol. The third-order valence-electron chi connectivity index (χ3n) is 6.01. The first-order valence-electron chi connectivity index (χ1n) is 12.5. The molecule has 4 rings (SSSR count). The van der Waals surface area contributed by atoms with Gasteiger partial charge in [-0.3, -0.25) is 4.98 Å². The minimum Gasteiger partial charge on any atom is -0.393 e. The second-order valence-corrected chi connectivity index (χ2v) is 10.6. The predicted molar refractivity (Wildman–Crippen MR) is 148 cm³/mol. The Morgan fingerprint density at radius 2 is 1.55 bits per heavy atom. The number of nitrogens with zero attached hydrogens (tertiary/aromatic N) is 2. The quantitative estimate of drug-likeness (QED) is 0.218. The minimum atomic E-state index is -0.410. The molecule has 0 amide bonds. The van der Waals surface area contributed by atoms with Crippen LogP contribution in [0.3, 0.4) is 0 Å². The van der Waals surface area contributed by atoms with E-state index in [2.05, 4.69) is 23.2 Å². The number of rotatable bonds is 5. The molecule has 2 unspecified atom stereocenters. The molecule has 0 aliphatic rings. The van der Waals surface area contributed by atoms with Crippen molar-refractivity contribution in [1.29, 1.82) is 0 Å². The third kappa shape index (κ3) is 8.92. The molecule has 1 aromatic heterocycles. The van der Waals surface area contributed by atoms with E-state index in [1.165, 1.54) is 17.7 Å². The van der Waals surface area contributed by atoms with E-state index < -0.39 is 12.2 Å². The zero-order valence-corrected chi connectivity index (χ0v) is 25.2. The van der Waals surface area contributed by atoms with Crippen molar-refractivity contribution in [3.05, 3.63) is 95.9 Å². The molecule has 38 heavy (non-hydrogen) atoms. The molecule has 1 heterocycles. The van der Waals surface area contributed by atoms with Crippen LogP contribution in [-0.4, -0.2) is 32.4 Å². The second kappa shape index (κ2) is 13.9. The Kier molecular flexibility index (Phi) is 11.5. The van der Waals surface area contributed by atoms with Gasteiger partial charge in [-0.25, -0.2) is 4.39 Å². The van der Waals surface area contributed by atoms with Gasteiger partial charge in [0.25, 0.3) is 0 Å². The van der Waals surface area contributed by atoms with Gasteiger partial charge < -0.3 is 15.2 Å². The van der Waals surface area contributed by atoms with E-state index in [1.54, 1.807) is 19.2 Å². The van der Waals surface area contributed by atoms with Crippen molar-refractivity contribution in [2.75, 3.05) is 0 Å². The molecule has 0 bridgehead atoms. The summed E-state index contributed by atoms with van der Waals surface area (Å²) in [7, 11) is 0. The van der Waals surface area contributed by atoms with Gasteiger partial charge >= 0.3 is 0 Å². The number of aromatic nitrogens is 2. The normalized spacial score (nSPS) is 12.6.